The summed E-state index contributed by atoms with van der Waals surface area (Å²) in [5, 5.41) is 22.1. The fourth-order valence-electron chi connectivity index (χ4n) is 2.46. The van der Waals surface area contributed by atoms with Gasteiger partial charge in [0.25, 0.3) is 5.91 Å². The Kier molecular flexibility index (Phi) is 6.59. The molecule has 0 saturated heterocycles. The van der Waals surface area contributed by atoms with Crippen LogP contribution >= 0.6 is 23.4 Å². The predicted octanol–water partition coefficient (Wildman–Crippen LogP) is 5.05. The smallest absolute Gasteiger partial charge is 0.352 e. The monoisotopic (exact) mass is 425 g/mol. The number of hydrogen-bond acceptors (Lipinski definition) is 4. The van der Waals surface area contributed by atoms with Crippen LogP contribution in [0, 0.1) is 0 Å². The average Bonchev–Trinajstić information content (AvgIpc) is 2.70. The first-order chi connectivity index (χ1) is 13.9. The van der Waals surface area contributed by atoms with Crippen molar-refractivity contribution in [1.82, 2.24) is 5.32 Å². The van der Waals surface area contributed by atoms with Crippen molar-refractivity contribution in [1.29, 1.82) is 0 Å². The zero-order chi connectivity index (χ0) is 20.8. The number of phenols is 1. The number of aliphatic carboxylic acids is 1. The third-order valence-electron chi connectivity index (χ3n) is 3.88. The van der Waals surface area contributed by atoms with Gasteiger partial charge in [-0.05, 0) is 48.0 Å². The second-order valence-corrected chi connectivity index (χ2v) is 7.46. The van der Waals surface area contributed by atoms with Gasteiger partial charge in [-0.15, -0.1) is 0 Å². The number of carbonyl (C=O) groups excluding carboxylic acids is 1. The molecule has 3 N–H and O–H groups in total. The normalized spacial score (nSPS) is 11.1. The number of carboxylic acids is 1. The van der Waals surface area contributed by atoms with Gasteiger partial charge in [-0.2, -0.15) is 0 Å². The third kappa shape index (κ3) is 5.40. The summed E-state index contributed by atoms with van der Waals surface area (Å²) in [6.45, 7) is 0. The molecule has 0 saturated carbocycles. The number of carboxylic acid groups (broad SMARTS) is 1. The highest BCUT2D eigenvalue weighted by Gasteiger charge is 2.16. The molecule has 0 unspecified atom stereocenters. The Morgan fingerprint density at radius 2 is 1.59 bits per heavy atom. The average molecular weight is 426 g/mol. The molecule has 0 aliphatic rings. The van der Waals surface area contributed by atoms with Crippen molar-refractivity contribution in [2.45, 2.75) is 9.79 Å². The molecule has 7 heteroatoms. The first-order valence-corrected chi connectivity index (χ1v) is 9.70. The summed E-state index contributed by atoms with van der Waals surface area (Å²) >= 11 is 7.66. The molecule has 0 bridgehead atoms. The predicted molar refractivity (Wildman–Crippen MR) is 113 cm³/mol. The fraction of sp³-hybridized carbons (Fsp3) is 0. The van der Waals surface area contributed by atoms with E-state index in [4.69, 9.17) is 11.6 Å². The van der Waals surface area contributed by atoms with Gasteiger partial charge >= 0.3 is 5.97 Å². The van der Waals surface area contributed by atoms with Crippen LogP contribution in [0.15, 0.2) is 88.3 Å². The number of aromatic hydroxyl groups is 1. The Morgan fingerprint density at radius 1 is 0.931 bits per heavy atom. The van der Waals surface area contributed by atoms with Crippen molar-refractivity contribution >= 4 is 41.3 Å². The van der Waals surface area contributed by atoms with Gasteiger partial charge in [-0.25, -0.2) is 4.79 Å². The number of amides is 1. The number of hydrogen-bond donors (Lipinski definition) is 3. The van der Waals surface area contributed by atoms with Crippen molar-refractivity contribution < 1.29 is 19.8 Å². The number of carbonyl (C=O) groups is 2. The summed E-state index contributed by atoms with van der Waals surface area (Å²) in [4.78, 5) is 25.7. The van der Waals surface area contributed by atoms with E-state index in [1.807, 2.05) is 36.4 Å². The lowest BCUT2D eigenvalue weighted by Crippen LogP contribution is -2.27. The Balaban J connectivity index is 1.77. The molecule has 5 nitrogen and oxygen atoms in total. The standard InChI is InChI=1S/C22H16ClNO4S/c23-17-6-2-4-8-20(17)29-15-11-9-14(10-12-15)13-18(22(27)28)24-21(26)16-5-1-3-7-19(16)25/h1-13,25H,(H,24,26)(H,27,28)/b18-13-. The molecule has 0 radical (unpaired) electrons. The topological polar surface area (TPSA) is 86.6 Å². The minimum Gasteiger partial charge on any atom is -0.507 e. The molecular formula is C22H16ClNO4S. The van der Waals surface area contributed by atoms with Crippen molar-refractivity contribution in [2.75, 3.05) is 0 Å². The minimum absolute atomic E-state index is 0.00821. The van der Waals surface area contributed by atoms with E-state index in [2.05, 4.69) is 5.32 Å². The van der Waals surface area contributed by atoms with Gasteiger partial charge in [0, 0.05) is 9.79 Å². The summed E-state index contributed by atoms with van der Waals surface area (Å²) in [6, 6.07) is 20.6. The van der Waals surface area contributed by atoms with E-state index in [-0.39, 0.29) is 17.0 Å². The SMILES string of the molecule is O=C(O)/C(=C/c1ccc(Sc2ccccc2Cl)cc1)NC(=O)c1ccccc1O. The van der Waals surface area contributed by atoms with Crippen LogP contribution in [0.4, 0.5) is 0 Å². The van der Waals surface area contributed by atoms with E-state index in [0.717, 1.165) is 9.79 Å². The lowest BCUT2D eigenvalue weighted by atomic mass is 10.1. The Hall–Kier alpha value is -3.22. The second-order valence-electron chi connectivity index (χ2n) is 5.94. The molecule has 0 atom stereocenters. The lowest BCUT2D eigenvalue weighted by molar-refractivity contribution is -0.132. The van der Waals surface area contributed by atoms with Gasteiger partial charge < -0.3 is 15.5 Å². The van der Waals surface area contributed by atoms with Crippen LogP contribution in [0.3, 0.4) is 0 Å². The summed E-state index contributed by atoms with van der Waals surface area (Å²) < 4.78 is 0. The molecule has 146 valence electrons. The third-order valence-corrected chi connectivity index (χ3v) is 5.41. The Morgan fingerprint density at radius 3 is 2.24 bits per heavy atom. The molecule has 1 amide bonds. The maximum Gasteiger partial charge on any atom is 0.352 e. The van der Waals surface area contributed by atoms with Gasteiger partial charge in [0.05, 0.1) is 10.6 Å². The molecule has 0 aliphatic heterocycles. The number of halogens is 1. The van der Waals surface area contributed by atoms with E-state index < -0.39 is 11.9 Å². The summed E-state index contributed by atoms with van der Waals surface area (Å²) in [7, 11) is 0. The molecule has 0 aromatic heterocycles. The van der Waals surface area contributed by atoms with Crippen molar-refractivity contribution in [3.8, 4) is 5.75 Å². The van der Waals surface area contributed by atoms with Crippen LogP contribution in [-0.4, -0.2) is 22.1 Å². The molecule has 0 spiro atoms. The number of benzene rings is 3. The molecular weight excluding hydrogens is 410 g/mol. The van der Waals surface area contributed by atoms with Crippen LogP contribution in [0.2, 0.25) is 5.02 Å². The fourth-order valence-corrected chi connectivity index (χ4v) is 3.55. The maximum absolute atomic E-state index is 12.3. The molecule has 3 aromatic rings. The van der Waals surface area contributed by atoms with Crippen LogP contribution in [0.25, 0.3) is 6.08 Å². The quantitative estimate of drug-likeness (QED) is 0.481. The van der Waals surface area contributed by atoms with Crippen LogP contribution in [-0.2, 0) is 4.79 Å². The van der Waals surface area contributed by atoms with E-state index >= 15 is 0 Å². The van der Waals surface area contributed by atoms with Crippen LogP contribution < -0.4 is 5.32 Å². The van der Waals surface area contributed by atoms with Gasteiger partial charge in [0.1, 0.15) is 11.4 Å². The van der Waals surface area contributed by atoms with E-state index in [0.29, 0.717) is 10.6 Å². The summed E-state index contributed by atoms with van der Waals surface area (Å²) in [5.74, 6) is -2.22. The highest BCUT2D eigenvalue weighted by atomic mass is 35.5. The number of rotatable bonds is 6. The van der Waals surface area contributed by atoms with Crippen molar-refractivity contribution in [3.63, 3.8) is 0 Å². The lowest BCUT2D eigenvalue weighted by Gasteiger charge is -2.08. The van der Waals surface area contributed by atoms with Crippen molar-refractivity contribution in [2.24, 2.45) is 0 Å². The van der Waals surface area contributed by atoms with E-state index in [1.165, 1.54) is 30.0 Å². The zero-order valence-corrected chi connectivity index (χ0v) is 16.6. The second kappa shape index (κ2) is 9.32. The Labute approximate surface area is 176 Å². The summed E-state index contributed by atoms with van der Waals surface area (Å²) in [6.07, 6.45) is 1.35. The molecule has 29 heavy (non-hydrogen) atoms. The largest absolute Gasteiger partial charge is 0.507 e. The number of nitrogens with one attached hydrogen (secondary N) is 1. The first-order valence-electron chi connectivity index (χ1n) is 8.51. The first kappa shape index (κ1) is 20.5. The highest BCUT2D eigenvalue weighted by Crippen LogP contribution is 2.33. The summed E-state index contributed by atoms with van der Waals surface area (Å²) in [5.41, 5.74) is 0.291. The number of phenolic OH excluding ortho intramolecular Hbond substituents is 1. The number of para-hydroxylation sites is 1. The van der Waals surface area contributed by atoms with E-state index in [9.17, 15) is 19.8 Å². The van der Waals surface area contributed by atoms with Gasteiger partial charge in [-0.1, -0.05) is 59.8 Å². The van der Waals surface area contributed by atoms with Gasteiger partial charge in [0.15, 0.2) is 0 Å². The Bertz CT molecular complexity index is 1080. The minimum atomic E-state index is -1.29. The molecule has 0 fully saturated rings. The van der Waals surface area contributed by atoms with Crippen LogP contribution in [0.1, 0.15) is 15.9 Å². The maximum atomic E-state index is 12.3. The van der Waals surface area contributed by atoms with E-state index in [1.54, 1.807) is 24.3 Å². The molecule has 0 heterocycles. The molecule has 3 rings (SSSR count). The van der Waals surface area contributed by atoms with Crippen LogP contribution in [0.5, 0.6) is 5.75 Å². The molecule has 3 aromatic carbocycles. The molecule has 0 aliphatic carbocycles. The zero-order valence-electron chi connectivity index (χ0n) is 15.0. The van der Waals surface area contributed by atoms with Gasteiger partial charge in [0.2, 0.25) is 0 Å². The van der Waals surface area contributed by atoms with Crippen molar-refractivity contribution in [3.05, 3.63) is 94.6 Å². The van der Waals surface area contributed by atoms with Gasteiger partial charge in [-0.3, -0.25) is 4.79 Å². The highest BCUT2D eigenvalue weighted by molar-refractivity contribution is 7.99.